The number of esters is 1. The van der Waals surface area contributed by atoms with Crippen molar-refractivity contribution in [2.24, 2.45) is 11.7 Å². The molecular weight excluding hydrogens is 408 g/mol. The summed E-state index contributed by atoms with van der Waals surface area (Å²) >= 11 is 0. The standard InChI is InChI=1S/C24H28N4O4/c1-16-6-7-17-4-2-3-5-20(17)28(16)22(29)15-32-24(31)18-10-12-27(13-11-18)21-9-8-19(14-26-21)23(25)30/h2-5,8-9,14,16,18H,6-7,10-13,15H2,1H3,(H2,25,30). The van der Waals surface area contributed by atoms with Crippen LogP contribution in [0.25, 0.3) is 0 Å². The molecule has 2 aromatic rings. The highest BCUT2D eigenvalue weighted by Gasteiger charge is 2.31. The molecule has 0 saturated carbocycles. The van der Waals surface area contributed by atoms with Gasteiger partial charge in [0.25, 0.3) is 5.91 Å². The second kappa shape index (κ2) is 9.38. The predicted molar refractivity (Wildman–Crippen MR) is 120 cm³/mol. The third kappa shape index (κ3) is 4.59. The van der Waals surface area contributed by atoms with Crippen molar-refractivity contribution in [1.82, 2.24) is 4.98 Å². The van der Waals surface area contributed by atoms with Gasteiger partial charge in [0.2, 0.25) is 5.91 Å². The Labute approximate surface area is 187 Å². The van der Waals surface area contributed by atoms with E-state index >= 15 is 0 Å². The van der Waals surface area contributed by atoms with Crippen LogP contribution in [0.3, 0.4) is 0 Å². The van der Waals surface area contributed by atoms with Crippen LogP contribution in [0, 0.1) is 5.92 Å². The molecular formula is C24H28N4O4. The molecule has 1 aromatic carbocycles. The number of nitrogens with two attached hydrogens (primary N) is 1. The molecule has 3 heterocycles. The van der Waals surface area contributed by atoms with Gasteiger partial charge in [-0.3, -0.25) is 14.4 Å². The molecule has 1 fully saturated rings. The quantitative estimate of drug-likeness (QED) is 0.721. The smallest absolute Gasteiger partial charge is 0.309 e. The fraction of sp³-hybridized carbons (Fsp3) is 0.417. The molecule has 2 aliphatic heterocycles. The molecule has 1 atom stereocenters. The molecule has 2 N–H and O–H groups in total. The van der Waals surface area contributed by atoms with Gasteiger partial charge in [-0.2, -0.15) is 0 Å². The van der Waals surface area contributed by atoms with Gasteiger partial charge in [0.05, 0.1) is 11.5 Å². The molecule has 0 radical (unpaired) electrons. The van der Waals surface area contributed by atoms with Gasteiger partial charge in [0.15, 0.2) is 6.61 Å². The first-order valence-electron chi connectivity index (χ1n) is 11.0. The Morgan fingerprint density at radius 1 is 1.09 bits per heavy atom. The Bertz CT molecular complexity index is 999. The second-order valence-corrected chi connectivity index (χ2v) is 8.42. The van der Waals surface area contributed by atoms with E-state index in [9.17, 15) is 14.4 Å². The average molecular weight is 437 g/mol. The summed E-state index contributed by atoms with van der Waals surface area (Å²) in [6, 6.07) is 11.4. The molecule has 1 aromatic heterocycles. The van der Waals surface area contributed by atoms with Crippen molar-refractivity contribution in [3.05, 3.63) is 53.7 Å². The van der Waals surface area contributed by atoms with Crippen LogP contribution in [-0.4, -0.2) is 48.5 Å². The maximum atomic E-state index is 12.9. The van der Waals surface area contributed by atoms with Gasteiger partial charge in [-0.25, -0.2) is 4.98 Å². The number of benzene rings is 1. The van der Waals surface area contributed by atoms with E-state index in [0.29, 0.717) is 31.5 Å². The van der Waals surface area contributed by atoms with Gasteiger partial charge in [-0.15, -0.1) is 0 Å². The lowest BCUT2D eigenvalue weighted by atomic mass is 9.96. The van der Waals surface area contributed by atoms with E-state index < -0.39 is 5.91 Å². The van der Waals surface area contributed by atoms with E-state index in [1.54, 1.807) is 17.0 Å². The Balaban J connectivity index is 1.29. The Hall–Kier alpha value is -3.42. The van der Waals surface area contributed by atoms with Crippen LogP contribution in [0.2, 0.25) is 0 Å². The number of hydrogen-bond acceptors (Lipinski definition) is 6. The van der Waals surface area contributed by atoms with Gasteiger partial charge in [0.1, 0.15) is 5.82 Å². The Kier molecular flexibility index (Phi) is 6.39. The van der Waals surface area contributed by atoms with Crippen molar-refractivity contribution in [3.8, 4) is 0 Å². The molecule has 0 spiro atoms. The highest BCUT2D eigenvalue weighted by molar-refractivity contribution is 5.97. The number of pyridine rings is 1. The summed E-state index contributed by atoms with van der Waals surface area (Å²) in [6.07, 6.45) is 4.54. The van der Waals surface area contributed by atoms with Crippen LogP contribution in [-0.2, 0) is 20.7 Å². The summed E-state index contributed by atoms with van der Waals surface area (Å²) in [4.78, 5) is 44.8. The first-order chi connectivity index (χ1) is 15.4. The van der Waals surface area contributed by atoms with Gasteiger partial charge in [0, 0.05) is 31.0 Å². The summed E-state index contributed by atoms with van der Waals surface area (Å²) in [7, 11) is 0. The van der Waals surface area contributed by atoms with E-state index in [1.807, 2.05) is 31.2 Å². The number of primary amides is 1. The number of hydrogen-bond donors (Lipinski definition) is 1. The Morgan fingerprint density at radius 3 is 2.53 bits per heavy atom. The van der Waals surface area contributed by atoms with Gasteiger partial charge in [-0.1, -0.05) is 18.2 Å². The number of carbonyl (C=O) groups is 3. The first kappa shape index (κ1) is 21.8. The normalized spacial score (nSPS) is 18.7. The van der Waals surface area contributed by atoms with E-state index in [4.69, 9.17) is 10.5 Å². The molecule has 0 aliphatic carbocycles. The van der Waals surface area contributed by atoms with Gasteiger partial charge < -0.3 is 20.3 Å². The summed E-state index contributed by atoms with van der Waals surface area (Å²) in [5.41, 5.74) is 7.68. The highest BCUT2D eigenvalue weighted by atomic mass is 16.5. The number of piperidine rings is 1. The van der Waals surface area contributed by atoms with Crippen LogP contribution in [0.4, 0.5) is 11.5 Å². The fourth-order valence-electron chi connectivity index (χ4n) is 4.45. The lowest BCUT2D eigenvalue weighted by Gasteiger charge is -2.35. The number of nitrogens with zero attached hydrogens (tertiary/aromatic N) is 3. The monoisotopic (exact) mass is 436 g/mol. The molecule has 1 saturated heterocycles. The van der Waals surface area contributed by atoms with Crippen LogP contribution in [0.15, 0.2) is 42.6 Å². The zero-order chi connectivity index (χ0) is 22.7. The third-order valence-electron chi connectivity index (χ3n) is 6.31. The minimum absolute atomic E-state index is 0.0767. The fourth-order valence-corrected chi connectivity index (χ4v) is 4.45. The van der Waals surface area contributed by atoms with E-state index in [1.165, 1.54) is 6.20 Å². The van der Waals surface area contributed by atoms with Crippen molar-refractivity contribution in [2.75, 3.05) is 29.5 Å². The number of aryl methyl sites for hydroxylation is 1. The van der Waals surface area contributed by atoms with Crippen LogP contribution in [0.5, 0.6) is 0 Å². The predicted octanol–water partition coefficient (Wildman–Crippen LogP) is 2.31. The first-order valence-corrected chi connectivity index (χ1v) is 11.0. The molecule has 8 nitrogen and oxygen atoms in total. The van der Waals surface area contributed by atoms with E-state index in [0.717, 1.165) is 29.9 Å². The highest BCUT2D eigenvalue weighted by Crippen LogP contribution is 2.30. The number of aromatic nitrogens is 1. The molecule has 2 aliphatic rings. The number of carbonyl (C=O) groups excluding carboxylic acids is 3. The second-order valence-electron chi connectivity index (χ2n) is 8.42. The number of rotatable bonds is 5. The number of anilines is 2. The minimum Gasteiger partial charge on any atom is -0.455 e. The maximum absolute atomic E-state index is 12.9. The van der Waals surface area contributed by atoms with Gasteiger partial charge >= 0.3 is 5.97 Å². The summed E-state index contributed by atoms with van der Waals surface area (Å²) in [6.45, 7) is 3.07. The number of para-hydroxylation sites is 1. The summed E-state index contributed by atoms with van der Waals surface area (Å²) in [5, 5.41) is 0. The van der Waals surface area contributed by atoms with Crippen molar-refractivity contribution < 1.29 is 19.1 Å². The number of ether oxygens (including phenoxy) is 1. The minimum atomic E-state index is -0.512. The Morgan fingerprint density at radius 2 is 1.84 bits per heavy atom. The molecule has 32 heavy (non-hydrogen) atoms. The van der Waals surface area contributed by atoms with Crippen LogP contribution in [0.1, 0.15) is 42.1 Å². The zero-order valence-electron chi connectivity index (χ0n) is 18.2. The maximum Gasteiger partial charge on any atom is 0.309 e. The van der Waals surface area contributed by atoms with Crippen molar-refractivity contribution in [3.63, 3.8) is 0 Å². The lowest BCUT2D eigenvalue weighted by molar-refractivity contribution is -0.152. The van der Waals surface area contributed by atoms with Crippen molar-refractivity contribution >= 4 is 29.3 Å². The van der Waals surface area contributed by atoms with Crippen LogP contribution >= 0.6 is 0 Å². The number of fused-ring (bicyclic) bond motifs is 1. The molecule has 168 valence electrons. The van der Waals surface area contributed by atoms with E-state index in [-0.39, 0.29) is 30.4 Å². The summed E-state index contributed by atoms with van der Waals surface area (Å²) < 4.78 is 5.43. The SMILES string of the molecule is CC1CCc2ccccc2N1C(=O)COC(=O)C1CCN(c2ccc(C(N)=O)cn2)CC1. The summed E-state index contributed by atoms with van der Waals surface area (Å²) in [5.74, 6) is -0.519. The zero-order valence-corrected chi connectivity index (χ0v) is 18.2. The topological polar surface area (TPSA) is 106 Å². The van der Waals surface area contributed by atoms with Crippen molar-refractivity contribution in [1.29, 1.82) is 0 Å². The van der Waals surface area contributed by atoms with Crippen molar-refractivity contribution in [2.45, 2.75) is 38.6 Å². The molecule has 4 rings (SSSR count). The molecule has 1 unspecified atom stereocenters. The van der Waals surface area contributed by atoms with Crippen LogP contribution < -0.4 is 15.5 Å². The molecule has 0 bridgehead atoms. The lowest BCUT2D eigenvalue weighted by Crippen LogP contribution is -2.44. The molecule has 8 heteroatoms. The van der Waals surface area contributed by atoms with E-state index in [2.05, 4.69) is 9.88 Å². The van der Waals surface area contributed by atoms with Gasteiger partial charge in [-0.05, 0) is 56.4 Å². The third-order valence-corrected chi connectivity index (χ3v) is 6.31. The average Bonchev–Trinajstić information content (AvgIpc) is 2.82. The molecule has 2 amide bonds. The largest absolute Gasteiger partial charge is 0.455 e. The number of amides is 2.